The van der Waals surface area contributed by atoms with E-state index >= 15 is 0 Å². The Kier molecular flexibility index (Phi) is 3.14. The second-order valence-electron chi connectivity index (χ2n) is 3.29. The van der Waals surface area contributed by atoms with Crippen molar-refractivity contribution in [1.29, 1.82) is 0 Å². The van der Waals surface area contributed by atoms with Crippen LogP contribution in [0.3, 0.4) is 0 Å². The molecule has 0 aliphatic carbocycles. The Balaban J connectivity index is 2.63. The molecule has 17 heavy (non-hydrogen) atoms. The van der Waals surface area contributed by atoms with Gasteiger partial charge in [-0.2, -0.15) is 0 Å². The highest BCUT2D eigenvalue weighted by Crippen LogP contribution is 2.15. The zero-order valence-corrected chi connectivity index (χ0v) is 10.5. The Labute approximate surface area is 105 Å². The van der Waals surface area contributed by atoms with Crippen LogP contribution in [0, 0.1) is 0 Å². The number of H-pyrrole nitrogens is 1. The monoisotopic (exact) mass is 296 g/mol. The number of carbonyl (C=O) groups is 1. The van der Waals surface area contributed by atoms with Gasteiger partial charge in [-0.3, -0.25) is 9.55 Å². The Morgan fingerprint density at radius 1 is 1.41 bits per heavy atom. The lowest BCUT2D eigenvalue weighted by molar-refractivity contribution is 0.0600. The average molecular weight is 297 g/mol. The maximum Gasteiger partial charge on any atom is 0.339 e. The molecule has 88 valence electrons. The zero-order valence-electron chi connectivity index (χ0n) is 8.94. The molecule has 0 amide bonds. The van der Waals surface area contributed by atoms with Crippen LogP contribution < -0.4 is 5.69 Å². The second-order valence-corrected chi connectivity index (χ2v) is 4.14. The highest BCUT2D eigenvalue weighted by molar-refractivity contribution is 9.10. The predicted octanol–water partition coefficient (Wildman–Crippen LogP) is 1.71. The standard InChI is InChI=1S/C11H9BrN2O3/c1-17-10(15)7-4-2-3-5-8(7)14-6-9(12)13-11(14)16/h2-6H,1H3,(H,13,16). The Morgan fingerprint density at radius 2 is 2.12 bits per heavy atom. The third kappa shape index (κ3) is 2.16. The van der Waals surface area contributed by atoms with E-state index in [0.717, 1.165) is 0 Å². The summed E-state index contributed by atoms with van der Waals surface area (Å²) in [5.74, 6) is -0.482. The van der Waals surface area contributed by atoms with Gasteiger partial charge < -0.3 is 4.74 Å². The first-order chi connectivity index (χ1) is 8.13. The van der Waals surface area contributed by atoms with Gasteiger partial charge in [-0.05, 0) is 28.1 Å². The molecule has 0 bridgehead atoms. The van der Waals surface area contributed by atoms with Gasteiger partial charge in [0.1, 0.15) is 4.60 Å². The van der Waals surface area contributed by atoms with Crippen molar-refractivity contribution in [2.75, 3.05) is 7.11 Å². The summed E-state index contributed by atoms with van der Waals surface area (Å²) < 4.78 is 6.56. The molecular weight excluding hydrogens is 288 g/mol. The summed E-state index contributed by atoms with van der Waals surface area (Å²) in [4.78, 5) is 25.8. The van der Waals surface area contributed by atoms with Crippen LogP contribution in [0.5, 0.6) is 0 Å². The molecule has 2 aromatic rings. The van der Waals surface area contributed by atoms with Crippen molar-refractivity contribution in [1.82, 2.24) is 9.55 Å². The minimum Gasteiger partial charge on any atom is -0.465 e. The Morgan fingerprint density at radius 3 is 2.71 bits per heavy atom. The zero-order chi connectivity index (χ0) is 12.4. The van der Waals surface area contributed by atoms with E-state index in [4.69, 9.17) is 0 Å². The molecule has 1 aromatic heterocycles. The normalized spacial score (nSPS) is 10.2. The molecule has 0 radical (unpaired) electrons. The van der Waals surface area contributed by atoms with Crippen LogP contribution >= 0.6 is 15.9 Å². The third-order valence-corrected chi connectivity index (χ3v) is 2.66. The number of methoxy groups -OCH3 is 1. The van der Waals surface area contributed by atoms with E-state index in [-0.39, 0.29) is 5.69 Å². The third-order valence-electron chi connectivity index (χ3n) is 2.26. The van der Waals surface area contributed by atoms with E-state index in [1.165, 1.54) is 11.7 Å². The summed E-state index contributed by atoms with van der Waals surface area (Å²) in [5, 5.41) is 0. The van der Waals surface area contributed by atoms with Crippen LogP contribution in [0.2, 0.25) is 0 Å². The van der Waals surface area contributed by atoms with Crippen LogP contribution in [-0.4, -0.2) is 22.6 Å². The van der Waals surface area contributed by atoms with Crippen LogP contribution in [0.1, 0.15) is 10.4 Å². The second kappa shape index (κ2) is 4.58. The topological polar surface area (TPSA) is 64.1 Å². The molecule has 0 saturated carbocycles. The number of imidazole rings is 1. The first-order valence-electron chi connectivity index (χ1n) is 4.78. The molecule has 0 unspecified atom stereocenters. The molecule has 2 rings (SSSR count). The largest absolute Gasteiger partial charge is 0.465 e. The van der Waals surface area contributed by atoms with Crippen LogP contribution in [0.25, 0.3) is 5.69 Å². The highest BCUT2D eigenvalue weighted by atomic mass is 79.9. The van der Waals surface area contributed by atoms with Gasteiger partial charge in [-0.1, -0.05) is 12.1 Å². The fourth-order valence-electron chi connectivity index (χ4n) is 1.51. The van der Waals surface area contributed by atoms with Gasteiger partial charge in [-0.25, -0.2) is 9.59 Å². The number of benzene rings is 1. The lowest BCUT2D eigenvalue weighted by Crippen LogP contribution is -2.17. The van der Waals surface area contributed by atoms with E-state index in [2.05, 4.69) is 25.7 Å². The summed E-state index contributed by atoms with van der Waals surface area (Å²) in [6, 6.07) is 6.74. The van der Waals surface area contributed by atoms with Gasteiger partial charge in [-0.15, -0.1) is 0 Å². The van der Waals surface area contributed by atoms with E-state index in [9.17, 15) is 9.59 Å². The number of ether oxygens (including phenoxy) is 1. The molecule has 0 aliphatic heterocycles. The number of hydrogen-bond donors (Lipinski definition) is 1. The fourth-order valence-corrected chi connectivity index (χ4v) is 1.89. The molecule has 0 fully saturated rings. The molecule has 6 heteroatoms. The highest BCUT2D eigenvalue weighted by Gasteiger charge is 2.14. The number of para-hydroxylation sites is 1. The average Bonchev–Trinajstić information content (AvgIpc) is 2.67. The molecule has 0 saturated heterocycles. The van der Waals surface area contributed by atoms with E-state index in [0.29, 0.717) is 15.9 Å². The van der Waals surface area contributed by atoms with E-state index in [1.807, 2.05) is 0 Å². The number of carbonyl (C=O) groups excluding carboxylic acids is 1. The van der Waals surface area contributed by atoms with Gasteiger partial charge in [0, 0.05) is 6.20 Å². The number of aromatic nitrogens is 2. The summed E-state index contributed by atoms with van der Waals surface area (Å²) in [7, 11) is 1.30. The summed E-state index contributed by atoms with van der Waals surface area (Å²) in [6.07, 6.45) is 1.56. The fraction of sp³-hybridized carbons (Fsp3) is 0.0909. The Bertz CT molecular complexity index is 615. The van der Waals surface area contributed by atoms with Crippen LogP contribution in [0.4, 0.5) is 0 Å². The van der Waals surface area contributed by atoms with Crippen molar-refractivity contribution in [2.24, 2.45) is 0 Å². The van der Waals surface area contributed by atoms with Crippen molar-refractivity contribution in [3.63, 3.8) is 0 Å². The smallest absolute Gasteiger partial charge is 0.339 e. The number of rotatable bonds is 2. The van der Waals surface area contributed by atoms with Crippen molar-refractivity contribution >= 4 is 21.9 Å². The van der Waals surface area contributed by atoms with Crippen molar-refractivity contribution in [3.8, 4) is 5.69 Å². The minimum absolute atomic E-state index is 0.326. The summed E-state index contributed by atoms with van der Waals surface area (Å²) in [5.41, 5.74) is 0.489. The molecule has 1 heterocycles. The molecule has 0 atom stereocenters. The van der Waals surface area contributed by atoms with Crippen molar-refractivity contribution in [3.05, 3.63) is 51.1 Å². The van der Waals surface area contributed by atoms with Gasteiger partial charge >= 0.3 is 11.7 Å². The molecule has 1 N–H and O–H groups in total. The molecule has 0 spiro atoms. The van der Waals surface area contributed by atoms with Gasteiger partial charge in [0.15, 0.2) is 0 Å². The number of esters is 1. The number of nitrogens with zero attached hydrogens (tertiary/aromatic N) is 1. The summed E-state index contributed by atoms with van der Waals surface area (Å²) >= 11 is 3.17. The molecule has 0 aliphatic rings. The van der Waals surface area contributed by atoms with Gasteiger partial charge in [0.25, 0.3) is 0 Å². The molecule has 5 nitrogen and oxygen atoms in total. The maximum atomic E-state index is 11.6. The van der Waals surface area contributed by atoms with Gasteiger partial charge in [0.2, 0.25) is 0 Å². The van der Waals surface area contributed by atoms with Crippen molar-refractivity contribution < 1.29 is 9.53 Å². The van der Waals surface area contributed by atoms with Crippen LogP contribution in [0.15, 0.2) is 39.9 Å². The summed E-state index contributed by atoms with van der Waals surface area (Å²) in [6.45, 7) is 0. The number of halogens is 1. The first-order valence-corrected chi connectivity index (χ1v) is 5.57. The first kappa shape index (κ1) is 11.7. The molecular formula is C11H9BrN2O3. The quantitative estimate of drug-likeness (QED) is 0.858. The predicted molar refractivity (Wildman–Crippen MR) is 65.4 cm³/mol. The van der Waals surface area contributed by atoms with Crippen LogP contribution in [-0.2, 0) is 4.74 Å². The Hall–Kier alpha value is -1.82. The van der Waals surface area contributed by atoms with E-state index in [1.54, 1.807) is 30.5 Å². The SMILES string of the molecule is COC(=O)c1ccccc1-n1cc(Br)[nH]c1=O. The lowest BCUT2D eigenvalue weighted by atomic mass is 10.2. The maximum absolute atomic E-state index is 11.6. The molecule has 1 aromatic carbocycles. The van der Waals surface area contributed by atoms with Gasteiger partial charge in [0.05, 0.1) is 18.4 Å². The lowest BCUT2D eigenvalue weighted by Gasteiger charge is -2.06. The van der Waals surface area contributed by atoms with E-state index < -0.39 is 5.97 Å². The minimum atomic E-state index is -0.482. The number of nitrogens with one attached hydrogen (secondary N) is 1. The number of hydrogen-bond acceptors (Lipinski definition) is 3. The number of aromatic amines is 1. The van der Waals surface area contributed by atoms with Crippen molar-refractivity contribution in [2.45, 2.75) is 0 Å².